The predicted octanol–water partition coefficient (Wildman–Crippen LogP) is 5.45. The van der Waals surface area contributed by atoms with Gasteiger partial charge >= 0.3 is 6.09 Å². The minimum atomic E-state index is -0.893. The molecule has 0 spiro atoms. The van der Waals surface area contributed by atoms with Gasteiger partial charge in [0.1, 0.15) is 6.10 Å². The lowest BCUT2D eigenvalue weighted by atomic mass is 9.78. The number of unbranched alkanes of at least 4 members (excludes halogenated alkanes) is 2. The van der Waals surface area contributed by atoms with Crippen molar-refractivity contribution in [3.63, 3.8) is 0 Å². The van der Waals surface area contributed by atoms with Crippen LogP contribution in [0.25, 0.3) is 0 Å². The van der Waals surface area contributed by atoms with Crippen LogP contribution < -0.4 is 11.5 Å². The normalized spacial score (nSPS) is 32.0. The zero-order valence-electron chi connectivity index (χ0n) is 26.2. The summed E-state index contributed by atoms with van der Waals surface area (Å²) in [4.78, 5) is 51.8. The highest BCUT2D eigenvalue weighted by molar-refractivity contribution is 6.24. The summed E-state index contributed by atoms with van der Waals surface area (Å²) in [5, 5.41) is 11.2. The first-order chi connectivity index (χ1) is 19.8. The van der Waals surface area contributed by atoms with Crippen LogP contribution in [0.2, 0.25) is 0 Å². The van der Waals surface area contributed by atoms with Crippen molar-refractivity contribution in [3.8, 4) is 0 Å². The van der Waals surface area contributed by atoms with E-state index in [9.17, 15) is 24.3 Å². The largest absolute Gasteiger partial charge is 0.441 e. The van der Waals surface area contributed by atoms with Crippen LogP contribution in [0, 0.1) is 23.7 Å². The second-order valence-corrected chi connectivity index (χ2v) is 12.3. The fraction of sp³-hybridized carbons (Fsp3) is 0.588. The minimum absolute atomic E-state index is 0.00616. The molecule has 0 heterocycles. The van der Waals surface area contributed by atoms with E-state index in [0.717, 1.165) is 24.8 Å². The van der Waals surface area contributed by atoms with Crippen LogP contribution in [0.4, 0.5) is 4.79 Å². The highest BCUT2D eigenvalue weighted by Gasteiger charge is 2.31. The molecule has 2 rings (SSSR count). The summed E-state index contributed by atoms with van der Waals surface area (Å²) in [6.07, 6.45) is 10.1. The molecule has 0 aromatic heterocycles. The Morgan fingerprint density at radius 2 is 1.74 bits per heavy atom. The van der Waals surface area contributed by atoms with E-state index in [-0.39, 0.29) is 53.0 Å². The van der Waals surface area contributed by atoms with E-state index in [0.29, 0.717) is 42.5 Å². The van der Waals surface area contributed by atoms with Crippen molar-refractivity contribution in [2.24, 2.45) is 35.1 Å². The number of carbonyl (C=O) groups is 4. The van der Waals surface area contributed by atoms with Crippen molar-refractivity contribution in [2.75, 3.05) is 6.54 Å². The fourth-order valence-corrected chi connectivity index (χ4v) is 5.99. The number of fused-ring (bicyclic) bond motifs is 2. The molecule has 1 amide bonds. The molecule has 42 heavy (non-hydrogen) atoms. The second-order valence-electron chi connectivity index (χ2n) is 12.3. The van der Waals surface area contributed by atoms with E-state index in [4.69, 9.17) is 16.2 Å². The minimum Gasteiger partial charge on any atom is -0.441 e. The lowest BCUT2D eigenvalue weighted by molar-refractivity contribution is -0.118. The molecule has 0 aromatic rings. The molecule has 8 nitrogen and oxygen atoms in total. The summed E-state index contributed by atoms with van der Waals surface area (Å²) < 4.78 is 5.43. The summed E-state index contributed by atoms with van der Waals surface area (Å²) in [5.41, 5.74) is 13.5. The topological polar surface area (TPSA) is 150 Å². The van der Waals surface area contributed by atoms with Crippen LogP contribution >= 0.6 is 0 Å². The Morgan fingerprint density at radius 1 is 1.05 bits per heavy atom. The van der Waals surface area contributed by atoms with E-state index in [1.165, 1.54) is 6.08 Å². The van der Waals surface area contributed by atoms with Crippen LogP contribution in [-0.4, -0.2) is 47.3 Å². The number of hydrogen-bond acceptors (Lipinski definition) is 7. The number of nitrogens with two attached hydrogens (primary N) is 2. The Labute approximate surface area is 251 Å². The summed E-state index contributed by atoms with van der Waals surface area (Å²) >= 11 is 0. The number of aliphatic hydroxyl groups excluding tert-OH is 1. The summed E-state index contributed by atoms with van der Waals surface area (Å²) in [7, 11) is 0. The number of allylic oxidation sites excluding steroid dienone is 7. The number of amides is 1. The lowest BCUT2D eigenvalue weighted by Gasteiger charge is -2.28. The van der Waals surface area contributed by atoms with Crippen molar-refractivity contribution in [1.82, 2.24) is 0 Å². The molecule has 2 bridgehead atoms. The van der Waals surface area contributed by atoms with Crippen LogP contribution in [0.5, 0.6) is 0 Å². The van der Waals surface area contributed by atoms with Crippen molar-refractivity contribution in [2.45, 2.75) is 98.7 Å². The van der Waals surface area contributed by atoms with Gasteiger partial charge in [-0.15, -0.1) is 0 Å². The predicted molar refractivity (Wildman–Crippen MR) is 165 cm³/mol. The molecule has 0 aliphatic heterocycles. The fourth-order valence-electron chi connectivity index (χ4n) is 5.99. The van der Waals surface area contributed by atoms with Gasteiger partial charge in [-0.05, 0) is 81.6 Å². The zero-order chi connectivity index (χ0) is 31.6. The molecule has 0 saturated heterocycles. The van der Waals surface area contributed by atoms with E-state index in [2.05, 4.69) is 0 Å². The van der Waals surface area contributed by atoms with Gasteiger partial charge in [0.25, 0.3) is 0 Å². The number of primary amides is 1. The maximum absolute atomic E-state index is 13.7. The van der Waals surface area contributed by atoms with Gasteiger partial charge in [-0.25, -0.2) is 4.79 Å². The van der Waals surface area contributed by atoms with E-state index >= 15 is 0 Å². The van der Waals surface area contributed by atoms with Crippen molar-refractivity contribution >= 4 is 23.4 Å². The number of aliphatic hydroxyl groups is 1. The van der Waals surface area contributed by atoms with E-state index in [1.54, 1.807) is 19.1 Å². The van der Waals surface area contributed by atoms with Gasteiger partial charge in [0, 0.05) is 35.0 Å². The molecular weight excluding hydrogens is 532 g/mol. The molecule has 0 saturated carbocycles. The van der Waals surface area contributed by atoms with Crippen molar-refractivity contribution in [3.05, 3.63) is 58.2 Å². The second kappa shape index (κ2) is 16.5. The highest BCUT2D eigenvalue weighted by Crippen LogP contribution is 2.33. The van der Waals surface area contributed by atoms with Crippen LogP contribution in [0.3, 0.4) is 0 Å². The van der Waals surface area contributed by atoms with E-state index < -0.39 is 18.3 Å². The van der Waals surface area contributed by atoms with Gasteiger partial charge < -0.3 is 21.3 Å². The number of hydrogen-bond donors (Lipinski definition) is 3. The number of Topliss-reactive ketones (excluding diaryl/α,β-unsaturated/α-hetero) is 2. The van der Waals surface area contributed by atoms with Crippen molar-refractivity contribution in [1.29, 1.82) is 0 Å². The maximum Gasteiger partial charge on any atom is 0.405 e. The quantitative estimate of drug-likeness (QED) is 0.214. The van der Waals surface area contributed by atoms with Gasteiger partial charge in [-0.1, -0.05) is 58.4 Å². The first-order valence-electron chi connectivity index (χ1n) is 15.2. The molecule has 0 fully saturated rings. The molecule has 6 atom stereocenters. The van der Waals surface area contributed by atoms with Crippen LogP contribution in [0.15, 0.2) is 58.2 Å². The molecule has 0 aromatic carbocycles. The first kappa shape index (κ1) is 35.1. The zero-order valence-corrected chi connectivity index (χ0v) is 26.2. The van der Waals surface area contributed by atoms with Crippen molar-refractivity contribution < 1.29 is 29.0 Å². The molecular formula is C34H50N2O6. The smallest absolute Gasteiger partial charge is 0.405 e. The third kappa shape index (κ3) is 10.0. The van der Waals surface area contributed by atoms with Crippen LogP contribution in [0.1, 0.15) is 86.5 Å². The molecule has 0 unspecified atom stereocenters. The van der Waals surface area contributed by atoms with Gasteiger partial charge in [0.05, 0.1) is 6.10 Å². The Hall–Kier alpha value is -3.10. The first-order valence-corrected chi connectivity index (χ1v) is 15.2. The lowest BCUT2D eigenvalue weighted by Crippen LogP contribution is -2.30. The monoisotopic (exact) mass is 582 g/mol. The number of rotatable bonds is 6. The van der Waals surface area contributed by atoms with E-state index in [1.807, 2.05) is 46.8 Å². The van der Waals surface area contributed by atoms with Gasteiger partial charge in [0.15, 0.2) is 17.3 Å². The number of ether oxygens (including phenoxy) is 1. The van der Waals surface area contributed by atoms with Crippen LogP contribution in [-0.2, 0) is 19.1 Å². The Morgan fingerprint density at radius 3 is 2.38 bits per heavy atom. The Balaban J connectivity index is 2.52. The Bertz CT molecular complexity index is 1170. The average Bonchev–Trinajstić information content (AvgIpc) is 2.92. The Kier molecular flexibility index (Phi) is 13.8. The molecule has 232 valence electrons. The average molecular weight is 583 g/mol. The number of carbonyl (C=O) groups excluding carboxylic acids is 4. The van der Waals surface area contributed by atoms with Gasteiger partial charge in [-0.3, -0.25) is 14.4 Å². The third-order valence-electron chi connectivity index (χ3n) is 8.36. The summed E-state index contributed by atoms with van der Waals surface area (Å²) in [6.45, 7) is 11.9. The van der Waals surface area contributed by atoms with Gasteiger partial charge in [0.2, 0.25) is 0 Å². The molecule has 5 N–H and O–H groups in total. The molecule has 2 aliphatic rings. The van der Waals surface area contributed by atoms with Gasteiger partial charge in [-0.2, -0.15) is 0 Å². The standard InChI is InChI=1S/C34H50N2O6/c1-20-15-23(4)31(39)24(5)17-25(6)33(42-34(36)41)22(3)12-10-11-21(2)29(37)18-26-19-30(38)27(13-8-7-9-14-35)28(16-20)32(26)40/h10-12,17,19-20,22-24,31,33,39H,7-9,13-16,18,35H2,1-6H3,(H2,36,41)/b12-10-,21-11+,25-17+/t20-,22-,23-,24-,31-,33+/m0/s1. The molecule has 2 aliphatic carbocycles. The SMILES string of the molecule is C/C1=C\C=C/[C@H](C)[C@@H](OC(N)=O)/C(C)=C/[C@H](C)[C@@H](O)[C@@H](C)C[C@H](C)CC2=C(CCCCCN)C(=O)C=C(CC1=O)C2=O. The summed E-state index contributed by atoms with van der Waals surface area (Å²) in [5.74, 6) is -1.29. The summed E-state index contributed by atoms with van der Waals surface area (Å²) in [6, 6.07) is 0. The number of ketones is 3. The highest BCUT2D eigenvalue weighted by atomic mass is 16.6. The molecule has 8 heteroatoms. The third-order valence-corrected chi connectivity index (χ3v) is 8.36. The maximum atomic E-state index is 13.7. The molecule has 0 radical (unpaired) electrons.